The monoisotopic (exact) mass is 520 g/mol. The molecule has 160 valence electrons. The number of nitrogens with zero attached hydrogens (tertiary/aromatic N) is 2. The SMILES string of the molecule is CN=C(NCc1cccc(C#N)c1)NCc1ccc(C)cc1OCC1CCCO1.I. The zero-order valence-electron chi connectivity index (χ0n) is 17.5. The maximum Gasteiger partial charge on any atom is 0.191 e. The van der Waals surface area contributed by atoms with Crippen LogP contribution in [0.1, 0.15) is 35.1 Å². The molecule has 2 aromatic rings. The van der Waals surface area contributed by atoms with E-state index >= 15 is 0 Å². The molecule has 0 radical (unpaired) electrons. The molecule has 2 aromatic carbocycles. The number of halogens is 1. The summed E-state index contributed by atoms with van der Waals surface area (Å²) < 4.78 is 11.7. The summed E-state index contributed by atoms with van der Waals surface area (Å²) in [4.78, 5) is 4.29. The molecule has 0 aromatic heterocycles. The molecule has 0 amide bonds. The second-order valence-electron chi connectivity index (χ2n) is 7.15. The number of benzene rings is 2. The zero-order valence-corrected chi connectivity index (χ0v) is 19.8. The fraction of sp³-hybridized carbons (Fsp3) is 0.391. The zero-order chi connectivity index (χ0) is 20.5. The van der Waals surface area contributed by atoms with Crippen LogP contribution in [0.4, 0.5) is 0 Å². The quantitative estimate of drug-likeness (QED) is 0.329. The number of nitrogens with one attached hydrogen (secondary N) is 2. The van der Waals surface area contributed by atoms with Gasteiger partial charge in [0.15, 0.2) is 5.96 Å². The number of nitriles is 1. The Kier molecular flexibility index (Phi) is 9.91. The highest BCUT2D eigenvalue weighted by Crippen LogP contribution is 2.22. The van der Waals surface area contributed by atoms with E-state index in [0.29, 0.717) is 31.2 Å². The third kappa shape index (κ3) is 7.18. The lowest BCUT2D eigenvalue weighted by Gasteiger charge is -2.17. The van der Waals surface area contributed by atoms with Gasteiger partial charge >= 0.3 is 0 Å². The molecular formula is C23H29IN4O2. The highest BCUT2D eigenvalue weighted by molar-refractivity contribution is 14.0. The van der Waals surface area contributed by atoms with Crippen LogP contribution in [0, 0.1) is 18.3 Å². The fourth-order valence-electron chi connectivity index (χ4n) is 3.24. The van der Waals surface area contributed by atoms with Crippen molar-refractivity contribution in [2.24, 2.45) is 4.99 Å². The van der Waals surface area contributed by atoms with Crippen LogP contribution in [-0.2, 0) is 17.8 Å². The van der Waals surface area contributed by atoms with Crippen LogP contribution in [0.25, 0.3) is 0 Å². The Hall–Kier alpha value is -2.31. The summed E-state index contributed by atoms with van der Waals surface area (Å²) in [6.07, 6.45) is 2.35. The fourth-order valence-corrected chi connectivity index (χ4v) is 3.24. The highest BCUT2D eigenvalue weighted by atomic mass is 127. The standard InChI is InChI=1S/C23H28N4O2.HI/c1-17-8-9-20(22(11-17)29-16-21-7-4-10-28-21)15-27-23(25-2)26-14-19-6-3-5-18(12-19)13-24;/h3,5-6,8-9,11-12,21H,4,7,10,14-16H2,1-2H3,(H2,25,26,27);1H. The molecule has 1 unspecified atom stereocenters. The lowest BCUT2D eigenvalue weighted by Crippen LogP contribution is -2.36. The van der Waals surface area contributed by atoms with E-state index in [9.17, 15) is 0 Å². The first-order chi connectivity index (χ1) is 14.2. The third-order valence-electron chi connectivity index (χ3n) is 4.86. The van der Waals surface area contributed by atoms with Crippen LogP contribution in [0.5, 0.6) is 5.75 Å². The minimum atomic E-state index is 0. The van der Waals surface area contributed by atoms with Gasteiger partial charge < -0.3 is 20.1 Å². The van der Waals surface area contributed by atoms with Crippen molar-refractivity contribution in [3.05, 3.63) is 64.7 Å². The molecule has 0 saturated carbocycles. The number of hydrogen-bond donors (Lipinski definition) is 2. The van der Waals surface area contributed by atoms with Gasteiger partial charge in [0.1, 0.15) is 12.4 Å². The van der Waals surface area contributed by atoms with Gasteiger partial charge in [-0.2, -0.15) is 5.26 Å². The van der Waals surface area contributed by atoms with Crippen molar-refractivity contribution < 1.29 is 9.47 Å². The van der Waals surface area contributed by atoms with E-state index < -0.39 is 0 Å². The Morgan fingerprint density at radius 3 is 2.80 bits per heavy atom. The van der Waals surface area contributed by atoms with E-state index in [1.807, 2.05) is 18.2 Å². The van der Waals surface area contributed by atoms with E-state index in [-0.39, 0.29) is 30.1 Å². The van der Waals surface area contributed by atoms with Crippen molar-refractivity contribution in [3.8, 4) is 11.8 Å². The van der Waals surface area contributed by atoms with Crippen molar-refractivity contribution in [2.45, 2.75) is 39.0 Å². The number of rotatable bonds is 7. The molecule has 0 aliphatic carbocycles. The minimum Gasteiger partial charge on any atom is -0.491 e. The van der Waals surface area contributed by atoms with Crippen LogP contribution < -0.4 is 15.4 Å². The molecule has 0 bridgehead atoms. The van der Waals surface area contributed by atoms with E-state index in [4.69, 9.17) is 14.7 Å². The molecule has 1 fully saturated rings. The van der Waals surface area contributed by atoms with Crippen LogP contribution in [-0.4, -0.2) is 32.3 Å². The molecule has 7 heteroatoms. The Morgan fingerprint density at radius 1 is 1.23 bits per heavy atom. The number of ether oxygens (including phenoxy) is 2. The molecule has 1 aliphatic rings. The average molecular weight is 520 g/mol. The van der Waals surface area contributed by atoms with Gasteiger partial charge in [0.05, 0.1) is 17.7 Å². The first-order valence-electron chi connectivity index (χ1n) is 9.95. The Morgan fingerprint density at radius 2 is 2.07 bits per heavy atom. The molecule has 3 rings (SSSR count). The van der Waals surface area contributed by atoms with Gasteiger partial charge in [0.2, 0.25) is 0 Å². The van der Waals surface area contributed by atoms with Crippen molar-refractivity contribution >= 4 is 29.9 Å². The molecule has 1 aliphatic heterocycles. The van der Waals surface area contributed by atoms with E-state index in [1.54, 1.807) is 13.1 Å². The summed E-state index contributed by atoms with van der Waals surface area (Å²) in [5.41, 5.74) is 3.92. The predicted molar refractivity (Wildman–Crippen MR) is 129 cm³/mol. The lowest BCUT2D eigenvalue weighted by molar-refractivity contribution is 0.0676. The molecule has 1 heterocycles. The number of hydrogen-bond acceptors (Lipinski definition) is 4. The van der Waals surface area contributed by atoms with Crippen molar-refractivity contribution in [1.29, 1.82) is 5.26 Å². The topological polar surface area (TPSA) is 78.7 Å². The van der Waals surface area contributed by atoms with E-state index in [2.05, 4.69) is 46.8 Å². The van der Waals surface area contributed by atoms with Gasteiger partial charge in [-0.3, -0.25) is 4.99 Å². The molecule has 0 spiro atoms. The van der Waals surface area contributed by atoms with E-state index in [1.165, 1.54) is 0 Å². The number of aryl methyl sites for hydroxylation is 1. The molecule has 1 saturated heterocycles. The molecular weight excluding hydrogens is 491 g/mol. The van der Waals surface area contributed by atoms with E-state index in [0.717, 1.165) is 41.9 Å². The van der Waals surface area contributed by atoms with Gasteiger partial charge in [-0.05, 0) is 49.1 Å². The van der Waals surface area contributed by atoms with Crippen molar-refractivity contribution in [3.63, 3.8) is 0 Å². The molecule has 6 nitrogen and oxygen atoms in total. The summed E-state index contributed by atoms with van der Waals surface area (Å²) in [6, 6.07) is 15.9. The Balaban J connectivity index is 0.00000320. The van der Waals surface area contributed by atoms with Gasteiger partial charge in [0, 0.05) is 32.3 Å². The van der Waals surface area contributed by atoms with Gasteiger partial charge in [-0.15, -0.1) is 24.0 Å². The predicted octanol–water partition coefficient (Wildman–Crippen LogP) is 3.91. The van der Waals surface area contributed by atoms with Crippen LogP contribution in [0.2, 0.25) is 0 Å². The summed E-state index contributed by atoms with van der Waals surface area (Å²) >= 11 is 0. The summed E-state index contributed by atoms with van der Waals surface area (Å²) in [7, 11) is 1.74. The largest absolute Gasteiger partial charge is 0.491 e. The maximum absolute atomic E-state index is 9.03. The Labute approximate surface area is 195 Å². The Bertz CT molecular complexity index is 889. The maximum atomic E-state index is 9.03. The second kappa shape index (κ2) is 12.4. The van der Waals surface area contributed by atoms with Crippen molar-refractivity contribution in [1.82, 2.24) is 10.6 Å². The highest BCUT2D eigenvalue weighted by Gasteiger charge is 2.17. The smallest absolute Gasteiger partial charge is 0.191 e. The van der Waals surface area contributed by atoms with Gasteiger partial charge in [-0.25, -0.2) is 0 Å². The van der Waals surface area contributed by atoms with Gasteiger partial charge in [0.25, 0.3) is 0 Å². The summed E-state index contributed by atoms with van der Waals surface area (Å²) in [5, 5.41) is 15.6. The third-order valence-corrected chi connectivity index (χ3v) is 4.86. The summed E-state index contributed by atoms with van der Waals surface area (Å²) in [5.74, 6) is 1.57. The lowest BCUT2D eigenvalue weighted by atomic mass is 10.1. The minimum absolute atomic E-state index is 0. The molecule has 2 N–H and O–H groups in total. The average Bonchev–Trinajstić information content (AvgIpc) is 3.27. The van der Waals surface area contributed by atoms with Crippen LogP contribution in [0.3, 0.4) is 0 Å². The normalized spacial score (nSPS) is 15.8. The summed E-state index contributed by atoms with van der Waals surface area (Å²) in [6.45, 7) is 4.66. The van der Waals surface area contributed by atoms with Crippen LogP contribution >= 0.6 is 24.0 Å². The number of aliphatic imine (C=N–C) groups is 1. The first kappa shape index (κ1) is 24.0. The second-order valence-corrected chi connectivity index (χ2v) is 7.15. The van der Waals surface area contributed by atoms with Crippen molar-refractivity contribution in [2.75, 3.05) is 20.3 Å². The molecule has 30 heavy (non-hydrogen) atoms. The van der Waals surface area contributed by atoms with Gasteiger partial charge in [-0.1, -0.05) is 24.3 Å². The number of guanidine groups is 1. The first-order valence-corrected chi connectivity index (χ1v) is 9.95. The van der Waals surface area contributed by atoms with Crippen LogP contribution in [0.15, 0.2) is 47.5 Å². The molecule has 1 atom stereocenters.